The number of hydrogen-bond acceptors (Lipinski definition) is 4. The van der Waals surface area contributed by atoms with Crippen LogP contribution in [0, 0.1) is 6.92 Å². The Labute approximate surface area is 118 Å². The summed E-state index contributed by atoms with van der Waals surface area (Å²) < 4.78 is 0. The van der Waals surface area contributed by atoms with Gasteiger partial charge in [0.2, 0.25) is 5.91 Å². The van der Waals surface area contributed by atoms with Crippen LogP contribution in [-0.2, 0) is 4.79 Å². The molecule has 3 N–H and O–H groups in total. The maximum absolute atomic E-state index is 12.0. The van der Waals surface area contributed by atoms with Crippen molar-refractivity contribution in [2.75, 3.05) is 36.4 Å². The summed E-state index contributed by atoms with van der Waals surface area (Å²) in [5.41, 5.74) is 8.31. The van der Waals surface area contributed by atoms with Gasteiger partial charge in [-0.3, -0.25) is 9.69 Å². The third-order valence-corrected chi connectivity index (χ3v) is 4.31. The fraction of sp³-hybridized carbons (Fsp3) is 0.500. The van der Waals surface area contributed by atoms with Crippen LogP contribution in [0.1, 0.15) is 12.5 Å². The van der Waals surface area contributed by atoms with Crippen LogP contribution in [0.15, 0.2) is 18.2 Å². The maximum Gasteiger partial charge on any atom is 0.238 e. The molecule has 0 bridgehead atoms. The number of carbonyl (C=O) groups is 1. The van der Waals surface area contributed by atoms with Crippen molar-refractivity contribution in [3.05, 3.63) is 23.8 Å². The second kappa shape index (κ2) is 6.30. The standard InChI is InChI=1S/C14H21N3OS/c1-10-3-4-13(12(15)7-10)16-14(18)9-17-5-6-19-11(2)8-17/h3-4,7,11H,5-6,8-9,15H2,1-2H3,(H,16,18). The van der Waals surface area contributed by atoms with E-state index in [2.05, 4.69) is 17.1 Å². The Morgan fingerprint density at radius 3 is 3.05 bits per heavy atom. The summed E-state index contributed by atoms with van der Waals surface area (Å²) in [7, 11) is 0. The SMILES string of the molecule is Cc1ccc(NC(=O)CN2CCSC(C)C2)c(N)c1. The molecule has 4 nitrogen and oxygen atoms in total. The van der Waals surface area contributed by atoms with E-state index < -0.39 is 0 Å². The van der Waals surface area contributed by atoms with Crippen LogP contribution < -0.4 is 11.1 Å². The highest BCUT2D eigenvalue weighted by atomic mass is 32.2. The molecule has 0 spiro atoms. The molecule has 0 radical (unpaired) electrons. The molecule has 1 aromatic rings. The molecule has 0 saturated carbocycles. The van der Waals surface area contributed by atoms with E-state index in [1.54, 1.807) is 0 Å². The van der Waals surface area contributed by atoms with Gasteiger partial charge < -0.3 is 11.1 Å². The summed E-state index contributed by atoms with van der Waals surface area (Å²) in [6.45, 7) is 6.58. The van der Waals surface area contributed by atoms with Crippen LogP contribution in [0.4, 0.5) is 11.4 Å². The molecule has 1 fully saturated rings. The lowest BCUT2D eigenvalue weighted by Crippen LogP contribution is -2.41. The average Bonchev–Trinajstić information content (AvgIpc) is 2.33. The van der Waals surface area contributed by atoms with Crippen molar-refractivity contribution < 1.29 is 4.79 Å². The second-order valence-electron chi connectivity index (χ2n) is 5.06. The first-order chi connectivity index (χ1) is 9.04. The zero-order chi connectivity index (χ0) is 13.8. The molecule has 5 heteroatoms. The number of aryl methyl sites for hydroxylation is 1. The van der Waals surface area contributed by atoms with E-state index >= 15 is 0 Å². The molecular formula is C14H21N3OS. The van der Waals surface area contributed by atoms with Crippen molar-refractivity contribution in [3.8, 4) is 0 Å². The Bertz CT molecular complexity index is 464. The van der Waals surface area contributed by atoms with Crippen LogP contribution in [-0.4, -0.2) is 41.4 Å². The Hall–Kier alpha value is -1.20. The summed E-state index contributed by atoms with van der Waals surface area (Å²) >= 11 is 1.96. The fourth-order valence-corrected chi connectivity index (χ4v) is 3.31. The Morgan fingerprint density at radius 2 is 2.37 bits per heavy atom. The van der Waals surface area contributed by atoms with Gasteiger partial charge in [-0.1, -0.05) is 13.0 Å². The van der Waals surface area contributed by atoms with Gasteiger partial charge in [0.05, 0.1) is 17.9 Å². The monoisotopic (exact) mass is 279 g/mol. The van der Waals surface area contributed by atoms with Gasteiger partial charge in [0, 0.05) is 24.1 Å². The van der Waals surface area contributed by atoms with E-state index in [1.165, 1.54) is 0 Å². The number of benzene rings is 1. The number of thioether (sulfide) groups is 1. The Morgan fingerprint density at radius 1 is 1.58 bits per heavy atom. The molecule has 1 unspecified atom stereocenters. The molecule has 0 aromatic heterocycles. The molecule has 1 amide bonds. The Balaban J connectivity index is 1.90. The predicted molar refractivity (Wildman–Crippen MR) is 82.6 cm³/mol. The minimum absolute atomic E-state index is 0.00894. The summed E-state index contributed by atoms with van der Waals surface area (Å²) in [6, 6.07) is 5.68. The number of nitrogens with two attached hydrogens (primary N) is 1. The largest absolute Gasteiger partial charge is 0.397 e. The summed E-state index contributed by atoms with van der Waals surface area (Å²) in [6.07, 6.45) is 0. The summed E-state index contributed by atoms with van der Waals surface area (Å²) in [4.78, 5) is 14.2. The number of nitrogen functional groups attached to an aromatic ring is 1. The zero-order valence-corrected chi connectivity index (χ0v) is 12.3. The van der Waals surface area contributed by atoms with E-state index in [0.29, 0.717) is 23.2 Å². The van der Waals surface area contributed by atoms with Crippen LogP contribution in [0.5, 0.6) is 0 Å². The number of carbonyl (C=O) groups excluding carboxylic acids is 1. The predicted octanol–water partition coefficient (Wildman–Crippen LogP) is 1.95. The van der Waals surface area contributed by atoms with Gasteiger partial charge in [-0.05, 0) is 24.6 Å². The maximum atomic E-state index is 12.0. The third-order valence-electron chi connectivity index (χ3n) is 3.17. The molecule has 1 aromatic carbocycles. The van der Waals surface area contributed by atoms with Crippen molar-refractivity contribution >= 4 is 29.0 Å². The molecule has 2 rings (SSSR count). The smallest absolute Gasteiger partial charge is 0.238 e. The van der Waals surface area contributed by atoms with E-state index in [-0.39, 0.29) is 5.91 Å². The van der Waals surface area contributed by atoms with E-state index in [0.717, 1.165) is 24.4 Å². The molecule has 0 aliphatic carbocycles. The summed E-state index contributed by atoms with van der Waals surface area (Å²) in [5, 5.41) is 3.49. The minimum atomic E-state index is 0.00894. The molecule has 19 heavy (non-hydrogen) atoms. The number of nitrogens with zero attached hydrogens (tertiary/aromatic N) is 1. The van der Waals surface area contributed by atoms with Gasteiger partial charge in [0.25, 0.3) is 0 Å². The van der Waals surface area contributed by atoms with Gasteiger partial charge in [-0.2, -0.15) is 11.8 Å². The lowest BCUT2D eigenvalue weighted by Gasteiger charge is -2.29. The molecule has 1 aliphatic heterocycles. The van der Waals surface area contributed by atoms with E-state index in [9.17, 15) is 4.79 Å². The molecule has 1 heterocycles. The zero-order valence-electron chi connectivity index (χ0n) is 11.5. The van der Waals surface area contributed by atoms with Gasteiger partial charge in [-0.25, -0.2) is 0 Å². The minimum Gasteiger partial charge on any atom is -0.397 e. The highest BCUT2D eigenvalue weighted by molar-refractivity contribution is 7.99. The lowest BCUT2D eigenvalue weighted by atomic mass is 10.2. The van der Waals surface area contributed by atoms with Gasteiger partial charge >= 0.3 is 0 Å². The number of nitrogens with one attached hydrogen (secondary N) is 1. The van der Waals surface area contributed by atoms with Crippen molar-refractivity contribution in [1.29, 1.82) is 0 Å². The van der Waals surface area contributed by atoms with Gasteiger partial charge in [0.1, 0.15) is 0 Å². The molecular weight excluding hydrogens is 258 g/mol. The molecule has 104 valence electrons. The van der Waals surface area contributed by atoms with Crippen molar-refractivity contribution in [3.63, 3.8) is 0 Å². The van der Waals surface area contributed by atoms with Crippen molar-refractivity contribution in [2.24, 2.45) is 0 Å². The van der Waals surface area contributed by atoms with E-state index in [1.807, 2.05) is 36.9 Å². The normalized spacial score (nSPS) is 20.2. The molecule has 1 aliphatic rings. The van der Waals surface area contributed by atoms with Crippen LogP contribution in [0.2, 0.25) is 0 Å². The highest BCUT2D eigenvalue weighted by Crippen LogP contribution is 2.20. The Kier molecular flexibility index (Phi) is 4.71. The van der Waals surface area contributed by atoms with Crippen LogP contribution in [0.3, 0.4) is 0 Å². The highest BCUT2D eigenvalue weighted by Gasteiger charge is 2.19. The second-order valence-corrected chi connectivity index (χ2v) is 6.60. The van der Waals surface area contributed by atoms with Crippen molar-refractivity contribution in [2.45, 2.75) is 19.1 Å². The number of amides is 1. The number of rotatable bonds is 3. The van der Waals surface area contributed by atoms with Crippen LogP contribution >= 0.6 is 11.8 Å². The first kappa shape index (κ1) is 14.2. The first-order valence-corrected chi connectivity index (χ1v) is 7.59. The topological polar surface area (TPSA) is 58.4 Å². The third kappa shape index (κ3) is 4.14. The number of anilines is 2. The van der Waals surface area contributed by atoms with Gasteiger partial charge in [0.15, 0.2) is 0 Å². The average molecular weight is 279 g/mol. The first-order valence-electron chi connectivity index (χ1n) is 6.54. The van der Waals surface area contributed by atoms with Crippen LogP contribution in [0.25, 0.3) is 0 Å². The van der Waals surface area contributed by atoms with E-state index in [4.69, 9.17) is 5.73 Å². The fourth-order valence-electron chi connectivity index (χ4n) is 2.22. The lowest BCUT2D eigenvalue weighted by molar-refractivity contribution is -0.117. The molecule has 1 saturated heterocycles. The summed E-state index contributed by atoms with van der Waals surface area (Å²) in [5.74, 6) is 1.11. The molecule has 1 atom stereocenters. The quantitative estimate of drug-likeness (QED) is 0.830. The van der Waals surface area contributed by atoms with Gasteiger partial charge in [-0.15, -0.1) is 0 Å². The number of hydrogen-bond donors (Lipinski definition) is 2. The van der Waals surface area contributed by atoms with Crippen molar-refractivity contribution in [1.82, 2.24) is 4.90 Å².